The van der Waals surface area contributed by atoms with Crippen LogP contribution in [-0.2, 0) is 0 Å². The van der Waals surface area contributed by atoms with E-state index in [1.54, 1.807) is 5.43 Å². The SMILES string of the molecule is [N]=NNc1nnnc(F)c1F. The van der Waals surface area contributed by atoms with Gasteiger partial charge in [-0.05, 0) is 16.0 Å². The molecule has 0 fully saturated rings. The van der Waals surface area contributed by atoms with Crippen LogP contribution in [0.15, 0.2) is 5.22 Å². The van der Waals surface area contributed by atoms with Gasteiger partial charge in [0.25, 0.3) is 5.95 Å². The summed E-state index contributed by atoms with van der Waals surface area (Å²) in [6, 6.07) is 0. The van der Waals surface area contributed by atoms with Gasteiger partial charge >= 0.3 is 0 Å². The second kappa shape index (κ2) is 2.90. The zero-order chi connectivity index (χ0) is 8.27. The first-order chi connectivity index (χ1) is 5.25. The Bertz CT molecular complexity index is 275. The van der Waals surface area contributed by atoms with E-state index in [2.05, 4.69) is 20.6 Å². The van der Waals surface area contributed by atoms with Crippen LogP contribution in [0, 0.1) is 11.8 Å². The van der Waals surface area contributed by atoms with Gasteiger partial charge in [0.2, 0.25) is 11.6 Å². The minimum absolute atomic E-state index is 0.625. The molecule has 0 amide bonds. The lowest BCUT2D eigenvalue weighted by molar-refractivity contribution is 0.455. The Hall–Kier alpha value is -1.73. The minimum atomic E-state index is -1.41. The number of nitrogens with zero attached hydrogens (tertiary/aromatic N) is 5. The van der Waals surface area contributed by atoms with Crippen LogP contribution in [0.5, 0.6) is 0 Å². The van der Waals surface area contributed by atoms with Gasteiger partial charge in [0, 0.05) is 0 Å². The monoisotopic (exact) mass is 159 g/mol. The highest BCUT2D eigenvalue weighted by atomic mass is 19.2. The molecule has 57 valence electrons. The smallest absolute Gasteiger partial charge is 0.237 e. The maximum atomic E-state index is 12.4. The van der Waals surface area contributed by atoms with Crippen LogP contribution < -0.4 is 11.0 Å². The van der Waals surface area contributed by atoms with Crippen molar-refractivity contribution < 1.29 is 8.78 Å². The third kappa shape index (κ3) is 1.39. The van der Waals surface area contributed by atoms with Crippen molar-refractivity contribution in [3.8, 4) is 0 Å². The molecule has 0 aliphatic heterocycles. The predicted molar refractivity (Wildman–Crippen MR) is 27.9 cm³/mol. The van der Waals surface area contributed by atoms with Gasteiger partial charge in [-0.3, -0.25) is 0 Å². The van der Waals surface area contributed by atoms with Gasteiger partial charge in [-0.1, -0.05) is 5.10 Å². The number of aromatic nitrogens is 3. The molecular weight excluding hydrogens is 158 g/mol. The average Bonchev–Trinajstić information content (AvgIpc) is 1.99. The summed E-state index contributed by atoms with van der Waals surface area (Å²) >= 11 is 0. The Morgan fingerprint density at radius 1 is 1.36 bits per heavy atom. The lowest BCUT2D eigenvalue weighted by atomic mass is 10.6. The molecule has 1 aromatic rings. The van der Waals surface area contributed by atoms with Gasteiger partial charge in [-0.15, -0.1) is 5.10 Å². The number of hydrogen-bond acceptors (Lipinski definition) is 4. The summed E-state index contributed by atoms with van der Waals surface area (Å²) < 4.78 is 24.6. The molecule has 0 aromatic carbocycles. The van der Waals surface area contributed by atoms with E-state index in [1.807, 2.05) is 0 Å². The van der Waals surface area contributed by atoms with Gasteiger partial charge in [0.05, 0.1) is 0 Å². The topological polar surface area (TPSA) is 85.4 Å². The zero-order valence-corrected chi connectivity index (χ0v) is 4.99. The maximum absolute atomic E-state index is 12.4. The van der Waals surface area contributed by atoms with Gasteiger partial charge < -0.3 is 0 Å². The van der Waals surface area contributed by atoms with Gasteiger partial charge in [-0.2, -0.15) is 8.78 Å². The molecule has 1 heterocycles. The molecule has 0 aliphatic carbocycles. The van der Waals surface area contributed by atoms with Gasteiger partial charge in [0.1, 0.15) is 0 Å². The molecule has 0 bridgehead atoms. The average molecular weight is 159 g/mol. The van der Waals surface area contributed by atoms with Crippen LogP contribution in [0.4, 0.5) is 14.6 Å². The standard InChI is InChI=1S/C3HF2N6/c4-1-2(5)7-11-9-3(1)8-10-6/h(H,7,8,9). The highest BCUT2D eigenvalue weighted by Gasteiger charge is 2.10. The maximum Gasteiger partial charge on any atom is 0.274 e. The van der Waals surface area contributed by atoms with E-state index in [0.29, 0.717) is 0 Å². The Morgan fingerprint density at radius 3 is 2.73 bits per heavy atom. The van der Waals surface area contributed by atoms with Crippen LogP contribution in [-0.4, -0.2) is 15.4 Å². The van der Waals surface area contributed by atoms with Crippen LogP contribution in [0.3, 0.4) is 0 Å². The zero-order valence-electron chi connectivity index (χ0n) is 4.99. The normalized spacial score (nSPS) is 9.27. The molecule has 1 N–H and O–H groups in total. The first kappa shape index (κ1) is 7.38. The molecule has 0 saturated heterocycles. The number of halogens is 2. The summed E-state index contributed by atoms with van der Waals surface area (Å²) in [5, 5.41) is 10.8. The highest BCUT2D eigenvalue weighted by Crippen LogP contribution is 2.08. The molecular formula is C3HF2N6. The summed E-state index contributed by atoms with van der Waals surface area (Å²) in [5.74, 6) is -3.39. The van der Waals surface area contributed by atoms with Crippen molar-refractivity contribution in [3.63, 3.8) is 0 Å². The minimum Gasteiger partial charge on any atom is -0.237 e. The molecule has 0 atom stereocenters. The van der Waals surface area contributed by atoms with Crippen molar-refractivity contribution in [1.82, 2.24) is 20.9 Å². The van der Waals surface area contributed by atoms with E-state index in [1.165, 1.54) is 0 Å². The quantitative estimate of drug-likeness (QED) is 0.475. The predicted octanol–water partition coefficient (Wildman–Crippen LogP) is -0.271. The third-order valence-corrected chi connectivity index (χ3v) is 0.822. The van der Waals surface area contributed by atoms with E-state index in [-0.39, 0.29) is 0 Å². The lowest BCUT2D eigenvalue weighted by Crippen LogP contribution is -2.03. The fourth-order valence-corrected chi connectivity index (χ4v) is 0.411. The van der Waals surface area contributed by atoms with Crippen molar-refractivity contribution in [1.29, 1.82) is 0 Å². The number of nitrogens with one attached hydrogen (secondary N) is 1. The summed E-state index contributed by atoms with van der Waals surface area (Å²) in [6.45, 7) is 0. The van der Waals surface area contributed by atoms with E-state index in [9.17, 15) is 8.78 Å². The molecule has 0 saturated carbocycles. The van der Waals surface area contributed by atoms with Crippen LogP contribution >= 0.6 is 0 Å². The molecule has 1 radical (unpaired) electrons. The van der Waals surface area contributed by atoms with Crippen molar-refractivity contribution in [2.75, 3.05) is 5.43 Å². The van der Waals surface area contributed by atoms with Crippen molar-refractivity contribution in [2.24, 2.45) is 5.22 Å². The number of rotatable bonds is 2. The second-order valence-corrected chi connectivity index (χ2v) is 1.45. The summed E-state index contributed by atoms with van der Waals surface area (Å²) in [5.41, 5.74) is 9.54. The molecule has 0 aliphatic rings. The fourth-order valence-electron chi connectivity index (χ4n) is 0.411. The van der Waals surface area contributed by atoms with Crippen molar-refractivity contribution in [3.05, 3.63) is 11.8 Å². The molecule has 6 nitrogen and oxygen atoms in total. The number of hydrogen-bond donors (Lipinski definition) is 1. The molecule has 0 unspecified atom stereocenters. The first-order valence-electron chi connectivity index (χ1n) is 2.40. The van der Waals surface area contributed by atoms with Gasteiger partial charge in [-0.25, -0.2) is 5.43 Å². The molecule has 8 heteroatoms. The second-order valence-electron chi connectivity index (χ2n) is 1.45. The third-order valence-electron chi connectivity index (χ3n) is 0.822. The van der Waals surface area contributed by atoms with Crippen LogP contribution in [0.25, 0.3) is 0 Å². The Balaban J connectivity index is 3.05. The summed E-state index contributed by atoms with van der Waals surface area (Å²) in [4.78, 5) is 0. The van der Waals surface area contributed by atoms with Crippen LogP contribution in [0.1, 0.15) is 0 Å². The highest BCUT2D eigenvalue weighted by molar-refractivity contribution is 5.31. The first-order valence-corrected chi connectivity index (χ1v) is 2.40. The van der Waals surface area contributed by atoms with E-state index in [0.717, 1.165) is 0 Å². The summed E-state index contributed by atoms with van der Waals surface area (Å²) in [6.07, 6.45) is 0. The van der Waals surface area contributed by atoms with Crippen LogP contribution in [0.2, 0.25) is 0 Å². The Morgan fingerprint density at radius 2 is 2.09 bits per heavy atom. The molecule has 1 rings (SSSR count). The molecule has 1 aromatic heterocycles. The van der Waals surface area contributed by atoms with Crippen molar-refractivity contribution >= 4 is 5.82 Å². The van der Waals surface area contributed by atoms with Crippen molar-refractivity contribution in [2.45, 2.75) is 0 Å². The Kier molecular flexibility index (Phi) is 1.95. The number of anilines is 1. The van der Waals surface area contributed by atoms with E-state index >= 15 is 0 Å². The fraction of sp³-hybridized carbons (Fsp3) is 0. The molecule has 11 heavy (non-hydrogen) atoms. The summed E-state index contributed by atoms with van der Waals surface area (Å²) in [7, 11) is 0. The Labute approximate surface area is 59.1 Å². The molecule has 0 spiro atoms. The van der Waals surface area contributed by atoms with E-state index < -0.39 is 17.6 Å². The van der Waals surface area contributed by atoms with E-state index in [4.69, 9.17) is 5.53 Å². The lowest BCUT2D eigenvalue weighted by Gasteiger charge is -1.95. The van der Waals surface area contributed by atoms with Gasteiger partial charge in [0.15, 0.2) is 0 Å². The largest absolute Gasteiger partial charge is 0.274 e.